The molecule has 0 saturated carbocycles. The summed E-state index contributed by atoms with van der Waals surface area (Å²) < 4.78 is 33.7. The molecule has 0 atom stereocenters. The molecule has 1 aromatic heterocycles. The molecule has 2 aromatic rings. The lowest BCUT2D eigenvalue weighted by Crippen LogP contribution is -2.38. The molecule has 0 bridgehead atoms. The number of nitrogens with one attached hydrogen (secondary N) is 1. The number of halogens is 3. The lowest BCUT2D eigenvalue weighted by molar-refractivity contribution is -0.0498. The van der Waals surface area contributed by atoms with Gasteiger partial charge in [-0.25, -0.2) is 4.99 Å². The van der Waals surface area contributed by atoms with Crippen molar-refractivity contribution in [1.82, 2.24) is 20.4 Å². The standard InChI is InChI=1S/C16H21F2N5O2.HI/c1-4-19-16(20-9-14-21-11(2)22-25-14)23(3)10-12-5-7-13(8-6-12)24-15(17)18;/h5-8,15H,4,9-10H2,1-3H3,(H,19,20);1H. The van der Waals surface area contributed by atoms with Crippen LogP contribution < -0.4 is 10.1 Å². The average Bonchev–Trinajstić information content (AvgIpc) is 2.98. The fraction of sp³-hybridized carbons (Fsp3) is 0.438. The Hall–Kier alpha value is -1.98. The van der Waals surface area contributed by atoms with Gasteiger partial charge < -0.3 is 19.5 Å². The molecule has 0 amide bonds. The minimum absolute atomic E-state index is 0. The number of benzene rings is 1. The number of hydrogen-bond acceptors (Lipinski definition) is 5. The highest BCUT2D eigenvalue weighted by atomic mass is 127. The van der Waals surface area contributed by atoms with Gasteiger partial charge in [-0.3, -0.25) is 0 Å². The van der Waals surface area contributed by atoms with Crippen LogP contribution in [0.25, 0.3) is 0 Å². The van der Waals surface area contributed by atoms with Gasteiger partial charge in [0, 0.05) is 20.1 Å². The highest BCUT2D eigenvalue weighted by Crippen LogP contribution is 2.15. The van der Waals surface area contributed by atoms with Gasteiger partial charge in [0.2, 0.25) is 5.89 Å². The van der Waals surface area contributed by atoms with E-state index in [9.17, 15) is 8.78 Å². The molecule has 0 saturated heterocycles. The van der Waals surface area contributed by atoms with Gasteiger partial charge in [0.25, 0.3) is 0 Å². The summed E-state index contributed by atoms with van der Waals surface area (Å²) >= 11 is 0. The molecule has 144 valence electrons. The number of aliphatic imine (C=N–C) groups is 1. The third-order valence-corrected chi connectivity index (χ3v) is 3.20. The van der Waals surface area contributed by atoms with E-state index >= 15 is 0 Å². The summed E-state index contributed by atoms with van der Waals surface area (Å²) in [6.45, 7) is 2.41. The predicted octanol–water partition coefficient (Wildman–Crippen LogP) is 3.19. The number of ether oxygens (including phenoxy) is 1. The SMILES string of the molecule is CCNC(=NCc1nc(C)no1)N(C)Cc1ccc(OC(F)F)cc1.I. The Morgan fingerprint density at radius 2 is 2.04 bits per heavy atom. The normalized spacial score (nSPS) is 11.2. The minimum Gasteiger partial charge on any atom is -0.435 e. The van der Waals surface area contributed by atoms with Crippen LogP contribution in [0, 0.1) is 6.92 Å². The molecule has 0 spiro atoms. The first-order valence-corrected chi connectivity index (χ1v) is 7.80. The van der Waals surface area contributed by atoms with Crippen LogP contribution in [-0.4, -0.2) is 41.2 Å². The van der Waals surface area contributed by atoms with Gasteiger partial charge in [-0.2, -0.15) is 13.8 Å². The quantitative estimate of drug-likeness (QED) is 0.372. The monoisotopic (exact) mass is 481 g/mol. The van der Waals surface area contributed by atoms with E-state index in [4.69, 9.17) is 4.52 Å². The molecule has 0 radical (unpaired) electrons. The second-order valence-electron chi connectivity index (χ2n) is 5.28. The van der Waals surface area contributed by atoms with E-state index in [0.29, 0.717) is 30.8 Å². The van der Waals surface area contributed by atoms with Crippen LogP contribution >= 0.6 is 24.0 Å². The van der Waals surface area contributed by atoms with Crippen molar-refractivity contribution in [2.75, 3.05) is 13.6 Å². The van der Waals surface area contributed by atoms with Gasteiger partial charge in [-0.05, 0) is 31.5 Å². The molecule has 10 heteroatoms. The molecular formula is C16H22F2IN5O2. The summed E-state index contributed by atoms with van der Waals surface area (Å²) in [4.78, 5) is 10.5. The van der Waals surface area contributed by atoms with E-state index in [-0.39, 0.29) is 36.3 Å². The topological polar surface area (TPSA) is 75.8 Å². The molecule has 0 unspecified atom stereocenters. The summed E-state index contributed by atoms with van der Waals surface area (Å²) in [5.41, 5.74) is 0.934. The number of aryl methyl sites for hydroxylation is 1. The molecule has 2 rings (SSSR count). The van der Waals surface area contributed by atoms with E-state index in [1.165, 1.54) is 12.1 Å². The molecule has 1 N–H and O–H groups in total. The first-order chi connectivity index (χ1) is 12.0. The molecule has 0 aliphatic carbocycles. The van der Waals surface area contributed by atoms with Gasteiger partial charge in [-0.15, -0.1) is 24.0 Å². The van der Waals surface area contributed by atoms with Crippen molar-refractivity contribution >= 4 is 29.9 Å². The van der Waals surface area contributed by atoms with Crippen LogP contribution in [0.1, 0.15) is 24.2 Å². The highest BCUT2D eigenvalue weighted by molar-refractivity contribution is 14.0. The van der Waals surface area contributed by atoms with Crippen LogP contribution in [0.15, 0.2) is 33.8 Å². The lowest BCUT2D eigenvalue weighted by atomic mass is 10.2. The fourth-order valence-electron chi connectivity index (χ4n) is 2.14. The van der Waals surface area contributed by atoms with Crippen molar-refractivity contribution in [3.8, 4) is 5.75 Å². The predicted molar refractivity (Wildman–Crippen MR) is 104 cm³/mol. The van der Waals surface area contributed by atoms with E-state index in [2.05, 4.69) is 25.2 Å². The zero-order valence-electron chi connectivity index (χ0n) is 14.8. The Bertz CT molecular complexity index is 694. The Morgan fingerprint density at radius 3 is 2.58 bits per heavy atom. The number of aromatic nitrogens is 2. The van der Waals surface area contributed by atoms with Crippen molar-refractivity contribution in [3.05, 3.63) is 41.5 Å². The molecule has 0 fully saturated rings. The Morgan fingerprint density at radius 1 is 1.35 bits per heavy atom. The van der Waals surface area contributed by atoms with Gasteiger partial charge in [0.15, 0.2) is 11.8 Å². The molecule has 1 heterocycles. The van der Waals surface area contributed by atoms with Crippen LogP contribution in [0.5, 0.6) is 5.75 Å². The van der Waals surface area contributed by atoms with Crippen molar-refractivity contribution in [3.63, 3.8) is 0 Å². The maximum Gasteiger partial charge on any atom is 0.387 e. The first-order valence-electron chi connectivity index (χ1n) is 7.80. The molecular weight excluding hydrogens is 459 g/mol. The van der Waals surface area contributed by atoms with E-state index in [1.54, 1.807) is 19.1 Å². The molecule has 7 nitrogen and oxygen atoms in total. The highest BCUT2D eigenvalue weighted by Gasteiger charge is 2.09. The fourth-order valence-corrected chi connectivity index (χ4v) is 2.14. The third kappa shape index (κ3) is 7.10. The summed E-state index contributed by atoms with van der Waals surface area (Å²) in [5, 5.41) is 6.91. The van der Waals surface area contributed by atoms with E-state index in [0.717, 1.165) is 5.56 Å². The summed E-state index contributed by atoms with van der Waals surface area (Å²) in [5.74, 6) is 1.81. The van der Waals surface area contributed by atoms with Crippen LogP contribution in [0.3, 0.4) is 0 Å². The number of rotatable bonds is 7. The largest absolute Gasteiger partial charge is 0.435 e. The summed E-state index contributed by atoms with van der Waals surface area (Å²) in [6.07, 6.45) is 0. The second kappa shape index (κ2) is 10.9. The zero-order valence-corrected chi connectivity index (χ0v) is 17.1. The molecule has 0 aliphatic rings. The minimum atomic E-state index is -2.82. The van der Waals surface area contributed by atoms with Gasteiger partial charge >= 0.3 is 6.61 Å². The molecule has 0 aliphatic heterocycles. The summed E-state index contributed by atoms with van der Waals surface area (Å²) in [6, 6.07) is 6.50. The van der Waals surface area contributed by atoms with Gasteiger partial charge in [0.05, 0.1) is 0 Å². The van der Waals surface area contributed by atoms with Crippen molar-refractivity contribution in [2.24, 2.45) is 4.99 Å². The van der Waals surface area contributed by atoms with Crippen molar-refractivity contribution < 1.29 is 18.0 Å². The van der Waals surface area contributed by atoms with Crippen LogP contribution in [-0.2, 0) is 13.1 Å². The second-order valence-corrected chi connectivity index (χ2v) is 5.28. The van der Waals surface area contributed by atoms with Gasteiger partial charge in [0.1, 0.15) is 12.3 Å². The Labute approximate surface area is 167 Å². The van der Waals surface area contributed by atoms with Crippen LogP contribution in [0.2, 0.25) is 0 Å². The van der Waals surface area contributed by atoms with Crippen molar-refractivity contribution in [2.45, 2.75) is 33.5 Å². The van der Waals surface area contributed by atoms with E-state index in [1.807, 2.05) is 18.9 Å². The summed E-state index contributed by atoms with van der Waals surface area (Å²) in [7, 11) is 1.88. The maximum absolute atomic E-state index is 12.2. The Balaban J connectivity index is 0.00000338. The maximum atomic E-state index is 12.2. The molecule has 1 aromatic carbocycles. The number of guanidine groups is 1. The molecule has 26 heavy (non-hydrogen) atoms. The van der Waals surface area contributed by atoms with Crippen molar-refractivity contribution in [1.29, 1.82) is 0 Å². The van der Waals surface area contributed by atoms with Gasteiger partial charge in [-0.1, -0.05) is 17.3 Å². The van der Waals surface area contributed by atoms with Crippen LogP contribution in [0.4, 0.5) is 8.78 Å². The third-order valence-electron chi connectivity index (χ3n) is 3.20. The zero-order chi connectivity index (χ0) is 18.2. The first kappa shape index (κ1) is 22.1. The number of nitrogens with zero attached hydrogens (tertiary/aromatic N) is 4. The lowest BCUT2D eigenvalue weighted by Gasteiger charge is -2.22. The Kier molecular flexibility index (Phi) is 9.24. The number of hydrogen-bond donors (Lipinski definition) is 1. The smallest absolute Gasteiger partial charge is 0.387 e. The average molecular weight is 481 g/mol. The van der Waals surface area contributed by atoms with E-state index < -0.39 is 6.61 Å². The number of alkyl halides is 2.